The second-order valence-electron chi connectivity index (χ2n) is 2.73. The molecule has 1 aromatic rings. The standard InChI is InChI=1S/C9H13N3O2/c1-14-9-8(11-5-6-12-9)7(13)3-2-4-10/h5-6H,2-4,10H2,1H3. The van der Waals surface area contributed by atoms with Crippen molar-refractivity contribution >= 4 is 5.78 Å². The topological polar surface area (TPSA) is 78.1 Å². The van der Waals surface area contributed by atoms with E-state index in [0.717, 1.165) is 0 Å². The number of carbonyl (C=O) groups is 1. The van der Waals surface area contributed by atoms with E-state index in [9.17, 15) is 4.79 Å². The van der Waals surface area contributed by atoms with E-state index in [1.54, 1.807) is 0 Å². The van der Waals surface area contributed by atoms with Crippen LogP contribution in [0.1, 0.15) is 23.3 Å². The van der Waals surface area contributed by atoms with Crippen LogP contribution in [0.3, 0.4) is 0 Å². The zero-order valence-corrected chi connectivity index (χ0v) is 8.06. The molecule has 0 spiro atoms. The fourth-order valence-electron chi connectivity index (χ4n) is 1.05. The Hall–Kier alpha value is -1.49. The number of nitrogens with two attached hydrogens (primary N) is 1. The molecule has 0 aliphatic heterocycles. The molecular weight excluding hydrogens is 182 g/mol. The van der Waals surface area contributed by atoms with Crippen LogP contribution in [0, 0.1) is 0 Å². The summed E-state index contributed by atoms with van der Waals surface area (Å²) in [6.45, 7) is 0.494. The molecule has 76 valence electrons. The van der Waals surface area contributed by atoms with Crippen molar-refractivity contribution < 1.29 is 9.53 Å². The van der Waals surface area contributed by atoms with Crippen LogP contribution in [0.25, 0.3) is 0 Å². The molecule has 0 aliphatic rings. The lowest BCUT2D eigenvalue weighted by Crippen LogP contribution is -2.08. The molecule has 0 bridgehead atoms. The summed E-state index contributed by atoms with van der Waals surface area (Å²) in [6, 6.07) is 0. The summed E-state index contributed by atoms with van der Waals surface area (Å²) >= 11 is 0. The second kappa shape index (κ2) is 5.29. The van der Waals surface area contributed by atoms with E-state index in [0.29, 0.717) is 19.4 Å². The van der Waals surface area contributed by atoms with Crippen LogP contribution in [0.15, 0.2) is 12.4 Å². The highest BCUT2D eigenvalue weighted by Crippen LogP contribution is 2.13. The predicted molar refractivity (Wildman–Crippen MR) is 51.2 cm³/mol. The number of nitrogens with zero attached hydrogens (tertiary/aromatic N) is 2. The van der Waals surface area contributed by atoms with E-state index in [1.807, 2.05) is 0 Å². The molecule has 0 aliphatic carbocycles. The van der Waals surface area contributed by atoms with E-state index in [-0.39, 0.29) is 17.4 Å². The highest BCUT2D eigenvalue weighted by Gasteiger charge is 2.13. The first kappa shape index (κ1) is 10.6. The Bertz CT molecular complexity index is 315. The molecule has 0 radical (unpaired) electrons. The van der Waals surface area contributed by atoms with Gasteiger partial charge in [-0.1, -0.05) is 0 Å². The molecule has 5 heteroatoms. The number of ether oxygens (including phenoxy) is 1. The van der Waals surface area contributed by atoms with Crippen LogP contribution < -0.4 is 10.5 Å². The van der Waals surface area contributed by atoms with Crippen LogP contribution in [-0.2, 0) is 0 Å². The van der Waals surface area contributed by atoms with Gasteiger partial charge in [-0.25, -0.2) is 9.97 Å². The lowest BCUT2D eigenvalue weighted by molar-refractivity contribution is 0.0972. The molecule has 0 fully saturated rings. The molecule has 14 heavy (non-hydrogen) atoms. The first-order valence-electron chi connectivity index (χ1n) is 4.38. The van der Waals surface area contributed by atoms with Crippen molar-refractivity contribution in [3.05, 3.63) is 18.1 Å². The van der Waals surface area contributed by atoms with E-state index >= 15 is 0 Å². The van der Waals surface area contributed by atoms with Gasteiger partial charge in [-0.3, -0.25) is 4.79 Å². The third kappa shape index (κ3) is 2.50. The maximum Gasteiger partial charge on any atom is 0.243 e. The number of hydrogen-bond acceptors (Lipinski definition) is 5. The molecule has 0 amide bonds. The van der Waals surface area contributed by atoms with Crippen molar-refractivity contribution in [2.75, 3.05) is 13.7 Å². The Balaban J connectivity index is 2.78. The highest BCUT2D eigenvalue weighted by molar-refractivity contribution is 5.96. The summed E-state index contributed by atoms with van der Waals surface area (Å²) in [7, 11) is 1.46. The second-order valence-corrected chi connectivity index (χ2v) is 2.73. The fourth-order valence-corrected chi connectivity index (χ4v) is 1.05. The summed E-state index contributed by atoms with van der Waals surface area (Å²) in [6.07, 6.45) is 3.99. The maximum atomic E-state index is 11.5. The molecule has 0 saturated heterocycles. The van der Waals surface area contributed by atoms with Crippen molar-refractivity contribution in [1.29, 1.82) is 0 Å². The molecule has 1 aromatic heterocycles. The van der Waals surface area contributed by atoms with Gasteiger partial charge in [0.25, 0.3) is 0 Å². The first-order valence-corrected chi connectivity index (χ1v) is 4.38. The smallest absolute Gasteiger partial charge is 0.243 e. The van der Waals surface area contributed by atoms with E-state index in [1.165, 1.54) is 19.5 Å². The van der Waals surface area contributed by atoms with Gasteiger partial charge in [-0.2, -0.15) is 0 Å². The van der Waals surface area contributed by atoms with Gasteiger partial charge in [-0.15, -0.1) is 0 Å². The van der Waals surface area contributed by atoms with Crippen molar-refractivity contribution in [2.45, 2.75) is 12.8 Å². The van der Waals surface area contributed by atoms with Crippen LogP contribution in [0.2, 0.25) is 0 Å². The number of rotatable bonds is 5. The zero-order chi connectivity index (χ0) is 10.4. The van der Waals surface area contributed by atoms with Gasteiger partial charge in [0.1, 0.15) is 0 Å². The number of ketones is 1. The Morgan fingerprint density at radius 1 is 1.50 bits per heavy atom. The Labute approximate surface area is 82.3 Å². The van der Waals surface area contributed by atoms with Gasteiger partial charge in [0, 0.05) is 18.8 Å². The molecular formula is C9H13N3O2. The average Bonchev–Trinajstić information content (AvgIpc) is 2.25. The largest absolute Gasteiger partial charge is 0.479 e. The molecule has 2 N–H and O–H groups in total. The Kier molecular flexibility index (Phi) is 4.00. The molecule has 0 unspecified atom stereocenters. The monoisotopic (exact) mass is 195 g/mol. The molecule has 0 atom stereocenters. The normalized spacial score (nSPS) is 9.86. The molecule has 5 nitrogen and oxygen atoms in total. The lowest BCUT2D eigenvalue weighted by Gasteiger charge is -2.03. The minimum Gasteiger partial charge on any atom is -0.479 e. The van der Waals surface area contributed by atoms with Gasteiger partial charge < -0.3 is 10.5 Å². The fraction of sp³-hybridized carbons (Fsp3) is 0.444. The van der Waals surface area contributed by atoms with Crippen molar-refractivity contribution in [2.24, 2.45) is 5.73 Å². The van der Waals surface area contributed by atoms with E-state index < -0.39 is 0 Å². The summed E-state index contributed by atoms with van der Waals surface area (Å²) in [5.74, 6) is 0.190. The van der Waals surface area contributed by atoms with Gasteiger partial charge in [0.2, 0.25) is 5.88 Å². The zero-order valence-electron chi connectivity index (χ0n) is 8.06. The summed E-state index contributed by atoms with van der Waals surface area (Å²) in [4.78, 5) is 19.4. The van der Waals surface area contributed by atoms with Crippen LogP contribution in [-0.4, -0.2) is 29.4 Å². The Morgan fingerprint density at radius 2 is 2.21 bits per heavy atom. The number of hydrogen-bond donors (Lipinski definition) is 1. The van der Waals surface area contributed by atoms with Gasteiger partial charge >= 0.3 is 0 Å². The quantitative estimate of drug-likeness (QED) is 0.688. The van der Waals surface area contributed by atoms with Gasteiger partial charge in [0.05, 0.1) is 7.11 Å². The molecule has 1 rings (SSSR count). The lowest BCUT2D eigenvalue weighted by atomic mass is 10.1. The minimum absolute atomic E-state index is 0.0830. The SMILES string of the molecule is COc1nccnc1C(=O)CCCN. The first-order chi connectivity index (χ1) is 6.79. The summed E-state index contributed by atoms with van der Waals surface area (Å²) in [5.41, 5.74) is 5.59. The number of carbonyl (C=O) groups excluding carboxylic acids is 1. The van der Waals surface area contributed by atoms with Crippen molar-refractivity contribution in [3.8, 4) is 5.88 Å². The van der Waals surface area contributed by atoms with Crippen molar-refractivity contribution in [1.82, 2.24) is 9.97 Å². The van der Waals surface area contributed by atoms with E-state index in [4.69, 9.17) is 10.5 Å². The molecule has 0 saturated carbocycles. The summed E-state index contributed by atoms with van der Waals surface area (Å²) < 4.78 is 4.92. The summed E-state index contributed by atoms with van der Waals surface area (Å²) in [5, 5.41) is 0. The number of aromatic nitrogens is 2. The van der Waals surface area contributed by atoms with Gasteiger partial charge in [-0.05, 0) is 13.0 Å². The third-order valence-electron chi connectivity index (χ3n) is 1.73. The average molecular weight is 195 g/mol. The predicted octanol–water partition coefficient (Wildman–Crippen LogP) is 0.407. The molecule has 1 heterocycles. The molecule has 0 aromatic carbocycles. The van der Waals surface area contributed by atoms with Crippen LogP contribution in [0.5, 0.6) is 5.88 Å². The number of methoxy groups -OCH3 is 1. The van der Waals surface area contributed by atoms with Crippen LogP contribution in [0.4, 0.5) is 0 Å². The number of Topliss-reactive ketones (excluding diaryl/α,β-unsaturated/α-hetero) is 1. The van der Waals surface area contributed by atoms with E-state index in [2.05, 4.69) is 9.97 Å². The maximum absolute atomic E-state index is 11.5. The third-order valence-corrected chi connectivity index (χ3v) is 1.73. The van der Waals surface area contributed by atoms with Gasteiger partial charge in [0.15, 0.2) is 11.5 Å². The minimum atomic E-state index is -0.0830. The van der Waals surface area contributed by atoms with Crippen LogP contribution >= 0.6 is 0 Å². The van der Waals surface area contributed by atoms with Crippen molar-refractivity contribution in [3.63, 3.8) is 0 Å². The highest BCUT2D eigenvalue weighted by atomic mass is 16.5. The Morgan fingerprint density at radius 3 is 2.86 bits per heavy atom.